The number of methoxy groups -OCH3 is 1. The number of rotatable bonds is 4. The van der Waals surface area contributed by atoms with Crippen molar-refractivity contribution in [3.63, 3.8) is 0 Å². The minimum atomic E-state index is -0.151. The number of nitrogens with zero attached hydrogens (tertiary/aromatic N) is 2. The van der Waals surface area contributed by atoms with Gasteiger partial charge in [-0.1, -0.05) is 0 Å². The summed E-state index contributed by atoms with van der Waals surface area (Å²) in [5.74, 6) is 0.632. The molecule has 0 fully saturated rings. The van der Waals surface area contributed by atoms with Crippen molar-refractivity contribution in [3.05, 3.63) is 16.0 Å². The van der Waals surface area contributed by atoms with Gasteiger partial charge in [-0.3, -0.25) is 0 Å². The predicted molar refractivity (Wildman–Crippen MR) is 64.3 cm³/mol. The Morgan fingerprint density at radius 1 is 1.43 bits per heavy atom. The molecule has 0 atom stereocenters. The molecule has 0 bridgehead atoms. The first-order valence-corrected chi connectivity index (χ1v) is 5.36. The molecule has 1 rings (SSSR count). The number of aromatic nitrogens is 2. The van der Waals surface area contributed by atoms with Crippen LogP contribution >= 0.6 is 22.6 Å². The lowest BCUT2D eigenvalue weighted by Gasteiger charge is -2.24. The van der Waals surface area contributed by atoms with Gasteiger partial charge in [0.25, 0.3) is 0 Å². The van der Waals surface area contributed by atoms with Gasteiger partial charge in [0.2, 0.25) is 5.95 Å². The minimum Gasteiger partial charge on any atom is -0.382 e. The molecule has 0 aliphatic rings. The summed E-state index contributed by atoms with van der Waals surface area (Å²) in [4.78, 5) is 8.32. The molecule has 1 heterocycles. The molecule has 0 amide bonds. The van der Waals surface area contributed by atoms with Crippen molar-refractivity contribution in [3.8, 4) is 0 Å². The van der Waals surface area contributed by atoms with Gasteiger partial charge in [-0.15, -0.1) is 0 Å². The maximum Gasteiger partial charge on any atom is 0.223 e. The SMILES string of the molecule is COCC(C)(C)Nc1ncc(I)cn1. The van der Waals surface area contributed by atoms with Crippen molar-refractivity contribution in [2.24, 2.45) is 0 Å². The molecule has 1 aromatic rings. The summed E-state index contributed by atoms with van der Waals surface area (Å²) in [5.41, 5.74) is -0.151. The average Bonchev–Trinajstić information content (AvgIpc) is 2.08. The lowest BCUT2D eigenvalue weighted by Crippen LogP contribution is -2.36. The second kappa shape index (κ2) is 4.88. The molecule has 4 nitrogen and oxygen atoms in total. The molecule has 0 saturated heterocycles. The average molecular weight is 307 g/mol. The summed E-state index contributed by atoms with van der Waals surface area (Å²) < 4.78 is 6.11. The molecule has 5 heteroatoms. The van der Waals surface area contributed by atoms with Crippen molar-refractivity contribution in [2.45, 2.75) is 19.4 Å². The van der Waals surface area contributed by atoms with Gasteiger partial charge in [-0.2, -0.15) is 0 Å². The van der Waals surface area contributed by atoms with E-state index in [9.17, 15) is 0 Å². The first kappa shape index (κ1) is 11.6. The van der Waals surface area contributed by atoms with Crippen molar-refractivity contribution in [1.29, 1.82) is 0 Å². The quantitative estimate of drug-likeness (QED) is 0.863. The number of hydrogen-bond acceptors (Lipinski definition) is 4. The summed E-state index contributed by atoms with van der Waals surface area (Å²) in [7, 11) is 1.68. The van der Waals surface area contributed by atoms with Crippen LogP contribution in [-0.2, 0) is 4.74 Å². The molecule has 0 radical (unpaired) electrons. The Labute approximate surface area is 97.6 Å². The molecule has 1 N–H and O–H groups in total. The summed E-state index contributed by atoms with van der Waals surface area (Å²) in [6, 6.07) is 0. The zero-order chi connectivity index (χ0) is 10.6. The number of halogens is 1. The normalized spacial score (nSPS) is 11.4. The first-order valence-electron chi connectivity index (χ1n) is 4.28. The van der Waals surface area contributed by atoms with Crippen LogP contribution in [0.4, 0.5) is 5.95 Å². The zero-order valence-corrected chi connectivity index (χ0v) is 10.7. The number of ether oxygens (including phenoxy) is 1. The van der Waals surface area contributed by atoms with Crippen LogP contribution in [0.15, 0.2) is 12.4 Å². The molecule has 78 valence electrons. The third kappa shape index (κ3) is 3.75. The Morgan fingerprint density at radius 3 is 2.50 bits per heavy atom. The second-order valence-electron chi connectivity index (χ2n) is 3.67. The molecule has 0 saturated carbocycles. The van der Waals surface area contributed by atoms with E-state index in [2.05, 4.69) is 37.9 Å². The van der Waals surface area contributed by atoms with Gasteiger partial charge in [-0.25, -0.2) is 9.97 Å². The highest BCUT2D eigenvalue weighted by atomic mass is 127. The van der Waals surface area contributed by atoms with Crippen molar-refractivity contribution >= 4 is 28.5 Å². The van der Waals surface area contributed by atoms with E-state index >= 15 is 0 Å². The number of hydrogen-bond donors (Lipinski definition) is 1. The number of nitrogens with one attached hydrogen (secondary N) is 1. The third-order valence-corrected chi connectivity index (χ3v) is 2.13. The maximum absolute atomic E-state index is 5.08. The monoisotopic (exact) mass is 307 g/mol. The van der Waals surface area contributed by atoms with E-state index in [0.29, 0.717) is 12.6 Å². The third-order valence-electron chi connectivity index (χ3n) is 1.58. The molecular formula is C9H14IN3O. The van der Waals surface area contributed by atoms with Crippen LogP contribution in [0.2, 0.25) is 0 Å². The Balaban J connectivity index is 2.64. The smallest absolute Gasteiger partial charge is 0.223 e. The van der Waals surface area contributed by atoms with Gasteiger partial charge < -0.3 is 10.1 Å². The van der Waals surface area contributed by atoms with Crippen LogP contribution in [-0.4, -0.2) is 29.2 Å². The summed E-state index contributed by atoms with van der Waals surface area (Å²) in [6.07, 6.45) is 3.55. The molecular weight excluding hydrogens is 293 g/mol. The Kier molecular flexibility index (Phi) is 4.06. The van der Waals surface area contributed by atoms with Crippen LogP contribution in [0.25, 0.3) is 0 Å². The van der Waals surface area contributed by atoms with Gasteiger partial charge in [0.1, 0.15) is 0 Å². The van der Waals surface area contributed by atoms with Gasteiger partial charge >= 0.3 is 0 Å². The topological polar surface area (TPSA) is 47.0 Å². The van der Waals surface area contributed by atoms with Crippen LogP contribution in [0.1, 0.15) is 13.8 Å². The van der Waals surface area contributed by atoms with Crippen molar-refractivity contribution < 1.29 is 4.74 Å². The van der Waals surface area contributed by atoms with E-state index in [0.717, 1.165) is 3.57 Å². The Hall–Kier alpha value is -0.430. The molecule has 0 aliphatic carbocycles. The van der Waals surface area contributed by atoms with Gasteiger partial charge in [-0.05, 0) is 36.4 Å². The predicted octanol–water partition coefficient (Wildman–Crippen LogP) is 1.92. The van der Waals surface area contributed by atoms with E-state index in [4.69, 9.17) is 4.74 Å². The molecule has 14 heavy (non-hydrogen) atoms. The fraction of sp³-hybridized carbons (Fsp3) is 0.556. The fourth-order valence-corrected chi connectivity index (χ4v) is 1.35. The maximum atomic E-state index is 5.08. The second-order valence-corrected chi connectivity index (χ2v) is 4.91. The van der Waals surface area contributed by atoms with Crippen LogP contribution < -0.4 is 5.32 Å². The summed E-state index contributed by atoms with van der Waals surface area (Å²) in [6.45, 7) is 4.69. The molecule has 0 aliphatic heterocycles. The molecule has 0 spiro atoms. The highest BCUT2D eigenvalue weighted by molar-refractivity contribution is 14.1. The van der Waals surface area contributed by atoms with Gasteiger partial charge in [0.15, 0.2) is 0 Å². The van der Waals surface area contributed by atoms with E-state index in [1.54, 1.807) is 19.5 Å². The lowest BCUT2D eigenvalue weighted by atomic mass is 10.1. The van der Waals surface area contributed by atoms with E-state index < -0.39 is 0 Å². The van der Waals surface area contributed by atoms with E-state index in [1.165, 1.54) is 0 Å². The van der Waals surface area contributed by atoms with E-state index in [1.807, 2.05) is 13.8 Å². The Bertz CT molecular complexity index is 287. The summed E-state index contributed by atoms with van der Waals surface area (Å²) >= 11 is 2.17. The van der Waals surface area contributed by atoms with Crippen molar-refractivity contribution in [2.75, 3.05) is 19.0 Å². The highest BCUT2D eigenvalue weighted by Gasteiger charge is 2.17. The van der Waals surface area contributed by atoms with Gasteiger partial charge in [0, 0.05) is 23.1 Å². The minimum absolute atomic E-state index is 0.151. The zero-order valence-electron chi connectivity index (χ0n) is 8.54. The van der Waals surface area contributed by atoms with Crippen molar-refractivity contribution in [1.82, 2.24) is 9.97 Å². The van der Waals surface area contributed by atoms with Crippen LogP contribution in [0.5, 0.6) is 0 Å². The first-order chi connectivity index (χ1) is 6.53. The summed E-state index contributed by atoms with van der Waals surface area (Å²) in [5, 5.41) is 3.20. The highest BCUT2D eigenvalue weighted by Crippen LogP contribution is 2.11. The molecule has 0 unspecified atom stereocenters. The van der Waals surface area contributed by atoms with Gasteiger partial charge in [0.05, 0.1) is 12.1 Å². The fourth-order valence-electron chi connectivity index (χ4n) is 1.08. The number of anilines is 1. The van der Waals surface area contributed by atoms with E-state index in [-0.39, 0.29) is 5.54 Å². The molecule has 0 aromatic carbocycles. The molecule has 1 aromatic heterocycles. The van der Waals surface area contributed by atoms with Crippen LogP contribution in [0.3, 0.4) is 0 Å². The lowest BCUT2D eigenvalue weighted by molar-refractivity contribution is 0.158. The largest absolute Gasteiger partial charge is 0.382 e. The standard InChI is InChI=1S/C9H14IN3O/c1-9(2,6-14-3)13-8-11-4-7(10)5-12-8/h4-5H,6H2,1-3H3,(H,11,12,13). The Morgan fingerprint density at radius 2 is 2.00 bits per heavy atom. The van der Waals surface area contributed by atoms with Crippen LogP contribution in [0, 0.1) is 3.57 Å².